The third kappa shape index (κ3) is 3.70. The fraction of sp³-hybridized carbons (Fsp3) is 0.167. The molecular weight excluding hydrogens is 383 g/mol. The molecule has 0 atom stereocenters. The number of ketones is 1. The molecule has 0 N–H and O–H groups in total. The molecule has 0 aliphatic rings. The van der Waals surface area contributed by atoms with Crippen molar-refractivity contribution in [1.29, 1.82) is 5.26 Å². The van der Waals surface area contributed by atoms with Crippen LogP contribution in [0.1, 0.15) is 27.3 Å². The van der Waals surface area contributed by atoms with Crippen LogP contribution >= 0.6 is 0 Å². The molecule has 1 aromatic heterocycles. The summed E-state index contributed by atoms with van der Waals surface area (Å²) in [5, 5.41) is 9.66. The van der Waals surface area contributed by atoms with E-state index < -0.39 is 11.6 Å². The van der Waals surface area contributed by atoms with E-state index in [0.717, 1.165) is 0 Å². The molecule has 0 radical (unpaired) electrons. The van der Waals surface area contributed by atoms with Gasteiger partial charge in [-0.15, -0.1) is 0 Å². The highest BCUT2D eigenvalue weighted by Gasteiger charge is 2.22. The minimum atomic E-state index is -0.446. The smallest absolute Gasteiger partial charge is 0.205 e. The number of Topliss-reactive ketones (excluding diaryl/α,β-unsaturated/α-hetero) is 1. The largest absolute Gasteiger partial charge is 0.493 e. The van der Waals surface area contributed by atoms with Crippen molar-refractivity contribution in [3.63, 3.8) is 0 Å². The number of benzene rings is 2. The van der Waals surface area contributed by atoms with Gasteiger partial charge in [-0.1, -0.05) is 24.3 Å². The number of methoxy groups -OCH3 is 2. The van der Waals surface area contributed by atoms with Gasteiger partial charge in [-0.05, 0) is 44.2 Å². The molecule has 0 saturated carbocycles. The average Bonchev–Trinajstić information content (AvgIpc) is 3.05. The summed E-state index contributed by atoms with van der Waals surface area (Å²) in [6.07, 6.45) is 1.47. The van der Waals surface area contributed by atoms with Gasteiger partial charge in [-0.25, -0.2) is 4.39 Å². The number of para-hydroxylation sites is 2. The van der Waals surface area contributed by atoms with Crippen molar-refractivity contribution in [2.75, 3.05) is 14.2 Å². The second-order valence-electron chi connectivity index (χ2n) is 6.65. The molecule has 0 unspecified atom stereocenters. The summed E-state index contributed by atoms with van der Waals surface area (Å²) in [5.41, 5.74) is 2.42. The van der Waals surface area contributed by atoms with Crippen molar-refractivity contribution in [1.82, 2.24) is 4.57 Å². The Morgan fingerprint density at radius 2 is 1.83 bits per heavy atom. The van der Waals surface area contributed by atoms with Gasteiger partial charge in [0, 0.05) is 22.5 Å². The van der Waals surface area contributed by atoms with Crippen molar-refractivity contribution >= 4 is 11.9 Å². The van der Waals surface area contributed by atoms with Crippen LogP contribution in [0, 0.1) is 31.0 Å². The van der Waals surface area contributed by atoms with Crippen LogP contribution in [-0.2, 0) is 0 Å². The number of nitrogens with zero attached hydrogens (tertiary/aromatic N) is 2. The van der Waals surface area contributed by atoms with Gasteiger partial charge in [0.1, 0.15) is 17.5 Å². The lowest BCUT2D eigenvalue weighted by Gasteiger charge is -2.11. The molecular formula is C24H21FN2O3. The summed E-state index contributed by atoms with van der Waals surface area (Å²) in [5.74, 6) is 0.0830. The Balaban J connectivity index is 2.09. The molecule has 6 heteroatoms. The van der Waals surface area contributed by atoms with Crippen LogP contribution in [0.3, 0.4) is 0 Å². The number of carbonyl (C=O) groups excluding carboxylic acids is 1. The summed E-state index contributed by atoms with van der Waals surface area (Å²) in [4.78, 5) is 13.2. The van der Waals surface area contributed by atoms with E-state index in [1.165, 1.54) is 26.4 Å². The number of rotatable bonds is 6. The molecule has 3 rings (SSSR count). The zero-order chi connectivity index (χ0) is 21.8. The molecule has 1 heterocycles. The van der Waals surface area contributed by atoms with Gasteiger partial charge in [-0.3, -0.25) is 4.79 Å². The summed E-state index contributed by atoms with van der Waals surface area (Å²) >= 11 is 0. The molecule has 2 aromatic carbocycles. The number of carbonyl (C=O) groups is 1. The van der Waals surface area contributed by atoms with Crippen molar-refractivity contribution < 1.29 is 18.7 Å². The highest BCUT2D eigenvalue weighted by molar-refractivity contribution is 6.15. The van der Waals surface area contributed by atoms with Crippen LogP contribution in [0.2, 0.25) is 0 Å². The number of aryl methyl sites for hydroxylation is 1. The lowest BCUT2D eigenvalue weighted by molar-refractivity contribution is 0.103. The number of halogens is 1. The maximum atomic E-state index is 14.3. The quantitative estimate of drug-likeness (QED) is 0.328. The molecule has 0 saturated heterocycles. The molecule has 0 spiro atoms. The van der Waals surface area contributed by atoms with E-state index in [0.29, 0.717) is 39.7 Å². The van der Waals surface area contributed by atoms with E-state index in [9.17, 15) is 14.4 Å². The SMILES string of the molecule is COc1cccc(/C=C(\C#N)C(=O)c2cc(C)n(-c3ccccc3F)c2C)c1OC. The van der Waals surface area contributed by atoms with Gasteiger partial charge in [0.2, 0.25) is 5.78 Å². The Hall–Kier alpha value is -3.85. The van der Waals surface area contributed by atoms with Gasteiger partial charge < -0.3 is 14.0 Å². The van der Waals surface area contributed by atoms with E-state index in [2.05, 4.69) is 0 Å². The number of hydrogen-bond donors (Lipinski definition) is 0. The Labute approximate surface area is 174 Å². The number of aromatic nitrogens is 1. The first kappa shape index (κ1) is 20.9. The third-order valence-corrected chi connectivity index (χ3v) is 4.87. The summed E-state index contributed by atoms with van der Waals surface area (Å²) in [6.45, 7) is 3.52. The van der Waals surface area contributed by atoms with E-state index in [4.69, 9.17) is 9.47 Å². The molecule has 152 valence electrons. The fourth-order valence-corrected chi connectivity index (χ4v) is 3.47. The van der Waals surface area contributed by atoms with E-state index >= 15 is 0 Å². The Morgan fingerprint density at radius 3 is 2.47 bits per heavy atom. The van der Waals surface area contributed by atoms with Crippen molar-refractivity contribution in [3.05, 3.63) is 82.4 Å². The molecule has 5 nitrogen and oxygen atoms in total. The average molecular weight is 404 g/mol. The molecule has 0 fully saturated rings. The predicted octanol–water partition coefficient (Wildman–Crippen LogP) is 5.04. The van der Waals surface area contributed by atoms with Crippen molar-refractivity contribution in [3.8, 4) is 23.3 Å². The Morgan fingerprint density at radius 1 is 1.10 bits per heavy atom. The first-order chi connectivity index (χ1) is 14.4. The van der Waals surface area contributed by atoms with E-state index in [1.54, 1.807) is 60.9 Å². The molecule has 3 aromatic rings. The van der Waals surface area contributed by atoms with Crippen LogP contribution in [0.25, 0.3) is 11.8 Å². The normalized spacial score (nSPS) is 11.1. The standard InChI is InChI=1S/C24H21FN2O3/c1-15-12-19(16(2)27(15)21-10-6-5-9-20(21)25)23(28)18(14-26)13-17-8-7-11-22(29-3)24(17)30-4/h5-13H,1-4H3/b18-13+. The highest BCUT2D eigenvalue weighted by Crippen LogP contribution is 2.33. The lowest BCUT2D eigenvalue weighted by atomic mass is 10.0. The van der Waals surface area contributed by atoms with Gasteiger partial charge in [0.25, 0.3) is 0 Å². The van der Waals surface area contributed by atoms with Crippen LogP contribution in [0.4, 0.5) is 4.39 Å². The first-order valence-electron chi connectivity index (χ1n) is 9.24. The number of nitriles is 1. The van der Waals surface area contributed by atoms with E-state index in [-0.39, 0.29) is 5.57 Å². The summed E-state index contributed by atoms with van der Waals surface area (Å²) < 4.78 is 26.6. The topological polar surface area (TPSA) is 64.2 Å². The van der Waals surface area contributed by atoms with Gasteiger partial charge in [0.05, 0.1) is 19.9 Å². The zero-order valence-electron chi connectivity index (χ0n) is 17.2. The maximum absolute atomic E-state index is 14.3. The monoisotopic (exact) mass is 404 g/mol. The number of allylic oxidation sites excluding steroid dienone is 1. The Bertz CT molecular complexity index is 1190. The minimum Gasteiger partial charge on any atom is -0.493 e. The van der Waals surface area contributed by atoms with E-state index in [1.807, 2.05) is 6.07 Å². The second-order valence-corrected chi connectivity index (χ2v) is 6.65. The van der Waals surface area contributed by atoms with Gasteiger partial charge in [0.15, 0.2) is 11.5 Å². The summed E-state index contributed by atoms with van der Waals surface area (Å²) in [6, 6.07) is 15.2. The van der Waals surface area contributed by atoms with Crippen LogP contribution in [-0.4, -0.2) is 24.6 Å². The minimum absolute atomic E-state index is 0.0599. The number of ether oxygens (including phenoxy) is 2. The van der Waals surface area contributed by atoms with Crippen molar-refractivity contribution in [2.45, 2.75) is 13.8 Å². The molecule has 30 heavy (non-hydrogen) atoms. The first-order valence-corrected chi connectivity index (χ1v) is 9.24. The lowest BCUT2D eigenvalue weighted by Crippen LogP contribution is -2.06. The highest BCUT2D eigenvalue weighted by atomic mass is 19.1. The number of hydrogen-bond acceptors (Lipinski definition) is 4. The fourth-order valence-electron chi connectivity index (χ4n) is 3.47. The van der Waals surface area contributed by atoms with Crippen LogP contribution in [0.5, 0.6) is 11.5 Å². The third-order valence-electron chi connectivity index (χ3n) is 4.87. The zero-order valence-corrected chi connectivity index (χ0v) is 17.2. The molecule has 0 aliphatic heterocycles. The predicted molar refractivity (Wildman–Crippen MR) is 113 cm³/mol. The van der Waals surface area contributed by atoms with Crippen molar-refractivity contribution in [2.24, 2.45) is 0 Å². The molecule has 0 amide bonds. The van der Waals surface area contributed by atoms with Gasteiger partial charge >= 0.3 is 0 Å². The molecule has 0 aliphatic carbocycles. The molecule has 0 bridgehead atoms. The van der Waals surface area contributed by atoms with Crippen LogP contribution in [0.15, 0.2) is 54.1 Å². The van der Waals surface area contributed by atoms with Crippen LogP contribution < -0.4 is 9.47 Å². The van der Waals surface area contributed by atoms with Gasteiger partial charge in [-0.2, -0.15) is 5.26 Å². The Kier molecular flexibility index (Phi) is 6.03. The summed E-state index contributed by atoms with van der Waals surface area (Å²) in [7, 11) is 3.00. The second kappa shape index (κ2) is 8.66. The maximum Gasteiger partial charge on any atom is 0.205 e.